The lowest BCUT2D eigenvalue weighted by Crippen LogP contribution is -2.58. The third kappa shape index (κ3) is 5.02. The summed E-state index contributed by atoms with van der Waals surface area (Å²) in [6.07, 6.45) is -14.9. The number of benzene rings is 2. The largest absolute Gasteiger partial charge is 0.504 e. The molecule has 3 aromatic rings. The van der Waals surface area contributed by atoms with Crippen LogP contribution in [0.25, 0.3) is 22.3 Å². The van der Waals surface area contributed by atoms with Crippen LogP contribution >= 0.6 is 0 Å². The van der Waals surface area contributed by atoms with Gasteiger partial charge in [-0.05, 0) is 13.8 Å². The van der Waals surface area contributed by atoms with E-state index in [9.17, 15) is 40.5 Å². The van der Waals surface area contributed by atoms with Crippen LogP contribution in [0.5, 0.6) is 17.2 Å². The van der Waals surface area contributed by atoms with Crippen LogP contribution in [0.2, 0.25) is 0 Å². The van der Waals surface area contributed by atoms with Crippen LogP contribution in [-0.4, -0.2) is 97.2 Å². The fourth-order valence-electron chi connectivity index (χ4n) is 4.67. The second-order valence-corrected chi connectivity index (χ2v) is 9.86. The van der Waals surface area contributed by atoms with Crippen molar-refractivity contribution in [3.05, 3.63) is 52.7 Å². The Morgan fingerprint density at radius 1 is 0.725 bits per heavy atom. The molecule has 216 valence electrons. The SMILES string of the molecule is C[C@H]1O[C@@H](Oc2cc3oc(-c4ccccc4)cc(=O)c3c(O)c2O[C@@H]2O[C@H](C)[C@@H](O)[C@H](O)[C@H]2O)[C@H](O)[C@@H](O)[C@@H]1O. The average Bonchev–Trinajstić information content (AvgIpc) is 2.94. The van der Waals surface area contributed by atoms with Gasteiger partial charge in [0.1, 0.15) is 53.4 Å². The van der Waals surface area contributed by atoms with Crippen molar-refractivity contribution in [1.82, 2.24) is 0 Å². The minimum absolute atomic E-state index is 0.140. The standard InChI is InChI=1S/C27H30O13/c1-10-18(29)21(32)23(34)26(36-10)39-16-9-15-17(13(28)8-14(38-15)12-6-4-3-5-7-12)20(31)25(16)40-27-24(35)22(33)19(30)11(2)37-27/h3-11,18-19,21-24,26-27,29-35H,1-2H3/t10-,11-,18-,19-,21+,22+,23-,24-,26+,27+/m1/s1. The molecule has 10 atom stereocenters. The van der Waals surface area contributed by atoms with Gasteiger partial charge >= 0.3 is 0 Å². The van der Waals surface area contributed by atoms with Crippen LogP contribution < -0.4 is 14.9 Å². The summed E-state index contributed by atoms with van der Waals surface area (Å²) in [5, 5.41) is 72.4. The Kier molecular flexibility index (Phi) is 7.74. The summed E-state index contributed by atoms with van der Waals surface area (Å²) in [6.45, 7) is 2.87. The monoisotopic (exact) mass is 562 g/mol. The topological polar surface area (TPSA) is 209 Å². The van der Waals surface area contributed by atoms with Crippen molar-refractivity contribution < 1.29 is 59.1 Å². The van der Waals surface area contributed by atoms with Crippen LogP contribution in [-0.2, 0) is 9.47 Å². The lowest BCUT2D eigenvalue weighted by atomic mass is 10.00. The first kappa shape index (κ1) is 28.3. The first-order valence-electron chi connectivity index (χ1n) is 12.6. The van der Waals surface area contributed by atoms with Crippen LogP contribution in [0.1, 0.15) is 13.8 Å². The quantitative estimate of drug-likeness (QED) is 0.211. The summed E-state index contributed by atoms with van der Waals surface area (Å²) in [7, 11) is 0. The van der Waals surface area contributed by atoms with Crippen LogP contribution in [0.15, 0.2) is 51.7 Å². The minimum atomic E-state index is -1.78. The zero-order valence-corrected chi connectivity index (χ0v) is 21.4. The van der Waals surface area contributed by atoms with E-state index in [0.29, 0.717) is 5.56 Å². The highest BCUT2D eigenvalue weighted by Crippen LogP contribution is 2.45. The molecule has 7 N–H and O–H groups in total. The molecule has 3 heterocycles. The van der Waals surface area contributed by atoms with Crippen LogP contribution in [0.3, 0.4) is 0 Å². The molecule has 2 aliphatic heterocycles. The minimum Gasteiger partial charge on any atom is -0.504 e. The van der Waals surface area contributed by atoms with Crippen molar-refractivity contribution in [3.8, 4) is 28.6 Å². The van der Waals surface area contributed by atoms with E-state index in [1.54, 1.807) is 30.3 Å². The Morgan fingerprint density at radius 3 is 1.85 bits per heavy atom. The predicted octanol–water partition coefficient (Wildman–Crippen LogP) is -0.422. The summed E-state index contributed by atoms with van der Waals surface area (Å²) in [5.74, 6) is -1.50. The van der Waals surface area contributed by atoms with Gasteiger partial charge in [0.2, 0.25) is 18.3 Å². The third-order valence-electron chi connectivity index (χ3n) is 7.06. The number of aliphatic hydroxyl groups excluding tert-OH is 6. The molecular weight excluding hydrogens is 532 g/mol. The Hall–Kier alpha value is -3.27. The van der Waals surface area contributed by atoms with Gasteiger partial charge in [-0.2, -0.15) is 0 Å². The maximum atomic E-state index is 13.1. The van der Waals surface area contributed by atoms with E-state index in [-0.39, 0.29) is 22.5 Å². The van der Waals surface area contributed by atoms with Crippen molar-refractivity contribution >= 4 is 11.0 Å². The predicted molar refractivity (Wildman–Crippen MR) is 136 cm³/mol. The number of fused-ring (bicyclic) bond motifs is 1. The van der Waals surface area contributed by atoms with Gasteiger partial charge in [0, 0.05) is 17.7 Å². The zero-order chi connectivity index (χ0) is 28.9. The average molecular weight is 563 g/mol. The number of phenolic OH excluding ortho intramolecular Hbond substituents is 1. The Morgan fingerprint density at radius 2 is 1.27 bits per heavy atom. The number of aromatic hydroxyl groups is 1. The number of hydrogen-bond acceptors (Lipinski definition) is 13. The Labute approximate surface area is 227 Å². The molecule has 13 nitrogen and oxygen atoms in total. The molecule has 5 rings (SSSR count). The van der Waals surface area contributed by atoms with E-state index in [4.69, 9.17) is 23.4 Å². The van der Waals surface area contributed by atoms with Gasteiger partial charge < -0.3 is 59.1 Å². The molecule has 0 unspecified atom stereocenters. The van der Waals surface area contributed by atoms with Gasteiger partial charge in [0.05, 0.1) is 12.2 Å². The van der Waals surface area contributed by atoms with E-state index >= 15 is 0 Å². The van der Waals surface area contributed by atoms with E-state index in [0.717, 1.165) is 0 Å². The molecule has 0 spiro atoms. The molecule has 0 aliphatic carbocycles. The molecule has 2 fully saturated rings. The molecule has 1 aromatic heterocycles. The molecule has 40 heavy (non-hydrogen) atoms. The van der Waals surface area contributed by atoms with Gasteiger partial charge in [-0.15, -0.1) is 0 Å². The fraction of sp³-hybridized carbons (Fsp3) is 0.444. The van der Waals surface area contributed by atoms with Crippen molar-refractivity contribution in [1.29, 1.82) is 0 Å². The molecule has 2 aromatic carbocycles. The van der Waals surface area contributed by atoms with Crippen molar-refractivity contribution in [3.63, 3.8) is 0 Å². The molecule has 2 aliphatic rings. The van der Waals surface area contributed by atoms with Crippen molar-refractivity contribution in [2.24, 2.45) is 0 Å². The summed E-state index contributed by atoms with van der Waals surface area (Å²) in [6, 6.07) is 11.0. The van der Waals surface area contributed by atoms with Gasteiger partial charge in [-0.25, -0.2) is 0 Å². The normalized spacial score (nSPS) is 34.5. The van der Waals surface area contributed by atoms with Crippen molar-refractivity contribution in [2.45, 2.75) is 75.3 Å². The maximum absolute atomic E-state index is 13.1. The molecule has 2 saturated heterocycles. The smallest absolute Gasteiger partial charge is 0.229 e. The summed E-state index contributed by atoms with van der Waals surface area (Å²) in [4.78, 5) is 13.1. The Bertz CT molecular complexity index is 1410. The second kappa shape index (κ2) is 11.0. The lowest BCUT2D eigenvalue weighted by molar-refractivity contribution is -0.273. The van der Waals surface area contributed by atoms with Gasteiger partial charge in [0.25, 0.3) is 0 Å². The Balaban J connectivity index is 1.62. The van der Waals surface area contributed by atoms with E-state index in [1.165, 1.54) is 26.0 Å². The molecule has 0 saturated carbocycles. The number of rotatable bonds is 5. The lowest BCUT2D eigenvalue weighted by Gasteiger charge is -2.40. The molecule has 0 bridgehead atoms. The van der Waals surface area contributed by atoms with E-state index in [2.05, 4.69) is 0 Å². The van der Waals surface area contributed by atoms with E-state index in [1.807, 2.05) is 0 Å². The van der Waals surface area contributed by atoms with Gasteiger partial charge in [-0.3, -0.25) is 4.79 Å². The molecule has 13 heteroatoms. The van der Waals surface area contributed by atoms with Crippen molar-refractivity contribution in [2.75, 3.05) is 0 Å². The number of hydrogen-bond donors (Lipinski definition) is 7. The van der Waals surface area contributed by atoms with Crippen LogP contribution in [0.4, 0.5) is 0 Å². The number of aliphatic hydroxyl groups is 6. The highest BCUT2D eigenvalue weighted by atomic mass is 16.7. The van der Waals surface area contributed by atoms with Gasteiger partial charge in [-0.1, -0.05) is 30.3 Å². The zero-order valence-electron chi connectivity index (χ0n) is 21.4. The third-order valence-corrected chi connectivity index (χ3v) is 7.06. The summed E-state index contributed by atoms with van der Waals surface area (Å²) in [5.41, 5.74) is -0.218. The molecular formula is C27H30O13. The first-order chi connectivity index (χ1) is 19.0. The molecule has 0 radical (unpaired) electrons. The summed E-state index contributed by atoms with van der Waals surface area (Å²) >= 11 is 0. The number of ether oxygens (including phenoxy) is 4. The van der Waals surface area contributed by atoms with Gasteiger partial charge in [0.15, 0.2) is 16.9 Å². The number of phenols is 1. The summed E-state index contributed by atoms with van der Waals surface area (Å²) < 4.78 is 28.3. The fourth-order valence-corrected chi connectivity index (χ4v) is 4.67. The highest BCUT2D eigenvalue weighted by molar-refractivity contribution is 5.89. The van der Waals surface area contributed by atoms with Crippen LogP contribution in [0, 0.1) is 0 Å². The maximum Gasteiger partial charge on any atom is 0.229 e. The second-order valence-electron chi connectivity index (χ2n) is 9.86. The first-order valence-corrected chi connectivity index (χ1v) is 12.6. The highest BCUT2D eigenvalue weighted by Gasteiger charge is 2.46. The van der Waals surface area contributed by atoms with E-state index < -0.39 is 78.3 Å². The molecule has 0 amide bonds.